The molecule has 0 saturated carbocycles. The summed E-state index contributed by atoms with van der Waals surface area (Å²) in [4.78, 5) is 27.4. The molecule has 0 atom stereocenters. The van der Waals surface area contributed by atoms with Crippen LogP contribution in [0.5, 0.6) is 0 Å². The molecule has 2 aromatic rings. The summed E-state index contributed by atoms with van der Waals surface area (Å²) in [6, 6.07) is -0.108. The first kappa shape index (κ1) is 17.4. The Balaban J connectivity index is 1.50. The van der Waals surface area contributed by atoms with Gasteiger partial charge in [-0.3, -0.25) is 0 Å². The predicted octanol–water partition coefficient (Wildman–Crippen LogP) is 1.87. The third kappa shape index (κ3) is 3.97. The fourth-order valence-corrected chi connectivity index (χ4v) is 3.27. The minimum absolute atomic E-state index is 0.108. The van der Waals surface area contributed by atoms with Gasteiger partial charge in [0.1, 0.15) is 11.6 Å². The van der Waals surface area contributed by atoms with E-state index in [1.807, 2.05) is 10.8 Å². The highest BCUT2D eigenvalue weighted by molar-refractivity contribution is 5.73. The predicted molar refractivity (Wildman–Crippen MR) is 95.3 cm³/mol. The molecule has 2 heterocycles. The molecule has 0 fully saturated rings. The van der Waals surface area contributed by atoms with Gasteiger partial charge in [0.2, 0.25) is 0 Å². The van der Waals surface area contributed by atoms with Crippen molar-refractivity contribution >= 4 is 6.03 Å². The summed E-state index contributed by atoms with van der Waals surface area (Å²) in [5.74, 6) is 1.71. The van der Waals surface area contributed by atoms with E-state index in [2.05, 4.69) is 34.1 Å². The van der Waals surface area contributed by atoms with Gasteiger partial charge in [0.15, 0.2) is 0 Å². The Labute approximate surface area is 148 Å². The fraction of sp³-hybridized carbons (Fsp3) is 0.556. The van der Waals surface area contributed by atoms with Gasteiger partial charge in [-0.15, -0.1) is 0 Å². The standard InChI is InChI=1S/C18H26N6O/c1-4-24-11-10-19-17(24)12-23(3)18(25)20-9-8-16-21-13(2)14-6-5-7-15(14)22-16/h10-11H,4-9,12H2,1-3H3,(H,20,25). The topological polar surface area (TPSA) is 75.9 Å². The van der Waals surface area contributed by atoms with Gasteiger partial charge in [-0.05, 0) is 38.7 Å². The van der Waals surface area contributed by atoms with Gasteiger partial charge < -0.3 is 14.8 Å². The highest BCUT2D eigenvalue weighted by atomic mass is 16.2. The molecule has 0 unspecified atom stereocenters. The van der Waals surface area contributed by atoms with E-state index in [9.17, 15) is 4.79 Å². The SMILES string of the molecule is CCn1ccnc1CN(C)C(=O)NCCc1nc(C)c2c(n1)CCC2. The van der Waals surface area contributed by atoms with E-state index in [0.29, 0.717) is 19.5 Å². The zero-order chi connectivity index (χ0) is 17.8. The Bertz CT molecular complexity index is 754. The molecule has 2 aromatic heterocycles. The molecule has 0 spiro atoms. The maximum absolute atomic E-state index is 12.3. The van der Waals surface area contributed by atoms with Gasteiger partial charge in [0, 0.05) is 50.3 Å². The van der Waals surface area contributed by atoms with Crippen molar-refractivity contribution in [3.8, 4) is 0 Å². The molecule has 7 heteroatoms. The van der Waals surface area contributed by atoms with Crippen molar-refractivity contribution in [2.24, 2.45) is 0 Å². The van der Waals surface area contributed by atoms with Crippen molar-refractivity contribution in [2.75, 3.05) is 13.6 Å². The smallest absolute Gasteiger partial charge is 0.317 e. The van der Waals surface area contributed by atoms with E-state index >= 15 is 0 Å². The lowest BCUT2D eigenvalue weighted by molar-refractivity contribution is 0.205. The molecule has 1 N–H and O–H groups in total. The number of carbonyl (C=O) groups is 1. The Morgan fingerprint density at radius 2 is 2.20 bits per heavy atom. The fourth-order valence-electron chi connectivity index (χ4n) is 3.27. The molecular formula is C18H26N6O. The van der Waals surface area contributed by atoms with E-state index < -0.39 is 0 Å². The van der Waals surface area contributed by atoms with E-state index in [-0.39, 0.29) is 6.03 Å². The number of amides is 2. The molecule has 2 amide bonds. The van der Waals surface area contributed by atoms with Crippen molar-refractivity contribution in [1.82, 2.24) is 29.7 Å². The first-order chi connectivity index (χ1) is 12.1. The molecule has 7 nitrogen and oxygen atoms in total. The zero-order valence-electron chi connectivity index (χ0n) is 15.2. The third-order valence-electron chi connectivity index (χ3n) is 4.68. The van der Waals surface area contributed by atoms with Crippen LogP contribution in [0, 0.1) is 6.92 Å². The van der Waals surface area contributed by atoms with Crippen LogP contribution < -0.4 is 5.32 Å². The number of nitrogens with one attached hydrogen (secondary N) is 1. The average Bonchev–Trinajstić information content (AvgIpc) is 3.23. The molecule has 0 bridgehead atoms. The molecule has 1 aliphatic carbocycles. The lowest BCUT2D eigenvalue weighted by Gasteiger charge is -2.18. The molecule has 0 radical (unpaired) electrons. The Hall–Kier alpha value is -2.44. The van der Waals surface area contributed by atoms with Gasteiger partial charge in [-0.25, -0.2) is 19.7 Å². The normalized spacial score (nSPS) is 12.9. The highest BCUT2D eigenvalue weighted by Crippen LogP contribution is 2.22. The van der Waals surface area contributed by atoms with Crippen LogP contribution >= 0.6 is 0 Å². The van der Waals surface area contributed by atoms with Crippen LogP contribution in [-0.2, 0) is 32.4 Å². The summed E-state index contributed by atoms with van der Waals surface area (Å²) in [6.07, 6.45) is 7.65. The summed E-state index contributed by atoms with van der Waals surface area (Å²) < 4.78 is 2.03. The van der Waals surface area contributed by atoms with Crippen LogP contribution in [-0.4, -0.2) is 44.0 Å². The first-order valence-corrected chi connectivity index (χ1v) is 8.92. The number of aryl methyl sites for hydroxylation is 3. The quantitative estimate of drug-likeness (QED) is 0.869. The van der Waals surface area contributed by atoms with Crippen molar-refractivity contribution < 1.29 is 4.79 Å². The number of rotatable bonds is 6. The van der Waals surface area contributed by atoms with E-state index in [1.54, 1.807) is 18.1 Å². The number of fused-ring (bicyclic) bond motifs is 1. The largest absolute Gasteiger partial charge is 0.338 e. The van der Waals surface area contributed by atoms with Gasteiger partial charge in [-0.1, -0.05) is 0 Å². The lowest BCUT2D eigenvalue weighted by Crippen LogP contribution is -2.38. The second-order valence-electron chi connectivity index (χ2n) is 6.47. The highest BCUT2D eigenvalue weighted by Gasteiger charge is 2.17. The number of aromatic nitrogens is 4. The van der Waals surface area contributed by atoms with E-state index in [1.165, 1.54) is 17.7 Å². The lowest BCUT2D eigenvalue weighted by atomic mass is 10.2. The van der Waals surface area contributed by atoms with Crippen LogP contribution in [0.4, 0.5) is 4.79 Å². The third-order valence-corrected chi connectivity index (χ3v) is 4.68. The Morgan fingerprint density at radius 3 is 3.00 bits per heavy atom. The first-order valence-electron chi connectivity index (χ1n) is 8.92. The monoisotopic (exact) mass is 342 g/mol. The van der Waals surface area contributed by atoms with Crippen LogP contribution in [0.15, 0.2) is 12.4 Å². The van der Waals surface area contributed by atoms with E-state index in [0.717, 1.165) is 36.7 Å². The van der Waals surface area contributed by atoms with Crippen LogP contribution in [0.1, 0.15) is 41.9 Å². The molecule has 134 valence electrons. The molecule has 25 heavy (non-hydrogen) atoms. The van der Waals surface area contributed by atoms with Crippen molar-refractivity contribution in [3.63, 3.8) is 0 Å². The molecule has 0 aliphatic heterocycles. The summed E-state index contributed by atoms with van der Waals surface area (Å²) in [6.45, 7) is 5.98. The molecule has 0 saturated heterocycles. The number of nitrogens with zero attached hydrogens (tertiary/aromatic N) is 5. The van der Waals surface area contributed by atoms with Gasteiger partial charge in [0.25, 0.3) is 0 Å². The minimum Gasteiger partial charge on any atom is -0.338 e. The summed E-state index contributed by atoms with van der Waals surface area (Å²) in [7, 11) is 1.78. The van der Waals surface area contributed by atoms with Crippen LogP contribution in [0.25, 0.3) is 0 Å². The maximum atomic E-state index is 12.3. The number of urea groups is 1. The second-order valence-corrected chi connectivity index (χ2v) is 6.47. The van der Waals surface area contributed by atoms with Crippen LogP contribution in [0.3, 0.4) is 0 Å². The number of carbonyl (C=O) groups excluding carboxylic acids is 1. The number of hydrogen-bond donors (Lipinski definition) is 1. The van der Waals surface area contributed by atoms with Gasteiger partial charge in [0.05, 0.1) is 6.54 Å². The Kier molecular flexibility index (Phi) is 5.31. The molecule has 3 rings (SSSR count). The summed E-state index contributed by atoms with van der Waals surface area (Å²) in [5, 5.41) is 2.94. The summed E-state index contributed by atoms with van der Waals surface area (Å²) >= 11 is 0. The molecule has 1 aliphatic rings. The van der Waals surface area contributed by atoms with Crippen molar-refractivity contribution in [1.29, 1.82) is 0 Å². The van der Waals surface area contributed by atoms with Crippen LogP contribution in [0.2, 0.25) is 0 Å². The minimum atomic E-state index is -0.108. The number of imidazole rings is 1. The number of hydrogen-bond acceptors (Lipinski definition) is 4. The molecular weight excluding hydrogens is 316 g/mol. The maximum Gasteiger partial charge on any atom is 0.317 e. The van der Waals surface area contributed by atoms with Crippen molar-refractivity contribution in [2.45, 2.75) is 52.6 Å². The van der Waals surface area contributed by atoms with Gasteiger partial charge >= 0.3 is 6.03 Å². The van der Waals surface area contributed by atoms with Crippen molar-refractivity contribution in [3.05, 3.63) is 41.0 Å². The van der Waals surface area contributed by atoms with E-state index in [4.69, 9.17) is 0 Å². The zero-order valence-corrected chi connectivity index (χ0v) is 15.2. The summed E-state index contributed by atoms with van der Waals surface area (Å²) in [5.41, 5.74) is 3.60. The molecule has 0 aromatic carbocycles. The average molecular weight is 342 g/mol. The second kappa shape index (κ2) is 7.63. The van der Waals surface area contributed by atoms with Gasteiger partial charge in [-0.2, -0.15) is 0 Å². The Morgan fingerprint density at radius 1 is 1.36 bits per heavy atom.